The van der Waals surface area contributed by atoms with Gasteiger partial charge in [0.25, 0.3) is 5.91 Å². The first kappa shape index (κ1) is 17.8. The second-order valence-electron chi connectivity index (χ2n) is 7.70. The summed E-state index contributed by atoms with van der Waals surface area (Å²) in [5, 5.41) is 10.8. The molecule has 2 aliphatic rings. The average molecular weight is 394 g/mol. The highest BCUT2D eigenvalue weighted by molar-refractivity contribution is 7.16. The zero-order chi connectivity index (χ0) is 19.1. The average Bonchev–Trinajstić information content (AvgIpc) is 3.20. The third-order valence-electron chi connectivity index (χ3n) is 6.04. The SMILES string of the molecule is O=C(c1ccc2scnc2c1)N1CC[C@H](N2CCc3ccccc3C2)[C@@H](O)C1. The van der Waals surface area contributed by atoms with Crippen LogP contribution in [0.3, 0.4) is 0 Å². The molecule has 3 heterocycles. The normalized spacial score (nSPS) is 23.0. The second-order valence-corrected chi connectivity index (χ2v) is 8.58. The molecular formula is C22H23N3O2S. The minimum absolute atomic E-state index is 0.0172. The maximum absolute atomic E-state index is 12.9. The van der Waals surface area contributed by atoms with E-state index >= 15 is 0 Å². The van der Waals surface area contributed by atoms with Crippen LogP contribution in [0.25, 0.3) is 10.2 Å². The van der Waals surface area contributed by atoms with Crippen molar-refractivity contribution in [2.75, 3.05) is 19.6 Å². The van der Waals surface area contributed by atoms with Crippen molar-refractivity contribution in [3.05, 3.63) is 64.7 Å². The number of amides is 1. The summed E-state index contributed by atoms with van der Waals surface area (Å²) in [7, 11) is 0. The first-order chi connectivity index (χ1) is 13.7. The van der Waals surface area contributed by atoms with E-state index in [1.54, 1.807) is 21.7 Å². The van der Waals surface area contributed by atoms with E-state index in [0.29, 0.717) is 18.7 Å². The number of piperidine rings is 1. The molecule has 144 valence electrons. The lowest BCUT2D eigenvalue weighted by Crippen LogP contribution is -2.56. The van der Waals surface area contributed by atoms with Gasteiger partial charge in [-0.1, -0.05) is 24.3 Å². The van der Waals surface area contributed by atoms with Crippen LogP contribution in [0, 0.1) is 0 Å². The molecule has 2 aliphatic heterocycles. The van der Waals surface area contributed by atoms with Crippen LogP contribution in [-0.2, 0) is 13.0 Å². The fraction of sp³-hybridized carbons (Fsp3) is 0.364. The highest BCUT2D eigenvalue weighted by Gasteiger charge is 2.35. The van der Waals surface area contributed by atoms with E-state index in [2.05, 4.69) is 34.1 Å². The van der Waals surface area contributed by atoms with Crippen molar-refractivity contribution < 1.29 is 9.90 Å². The van der Waals surface area contributed by atoms with Crippen LogP contribution in [-0.4, -0.2) is 57.6 Å². The number of likely N-dealkylation sites (tertiary alicyclic amines) is 1. The van der Waals surface area contributed by atoms with Crippen LogP contribution in [0.4, 0.5) is 0 Å². The van der Waals surface area contributed by atoms with Crippen LogP contribution in [0.5, 0.6) is 0 Å². The smallest absolute Gasteiger partial charge is 0.254 e. The molecule has 0 saturated carbocycles. The fourth-order valence-corrected chi connectivity index (χ4v) is 5.16. The summed E-state index contributed by atoms with van der Waals surface area (Å²) in [4.78, 5) is 21.4. The third kappa shape index (κ3) is 3.21. The van der Waals surface area contributed by atoms with E-state index in [4.69, 9.17) is 0 Å². The number of benzene rings is 2. The third-order valence-corrected chi connectivity index (χ3v) is 6.85. The highest BCUT2D eigenvalue weighted by atomic mass is 32.1. The number of hydrogen-bond donors (Lipinski definition) is 1. The van der Waals surface area contributed by atoms with Gasteiger partial charge in [0.05, 0.1) is 21.8 Å². The summed E-state index contributed by atoms with van der Waals surface area (Å²) in [5.41, 5.74) is 6.08. The van der Waals surface area contributed by atoms with Crippen LogP contribution in [0.2, 0.25) is 0 Å². The molecule has 1 fully saturated rings. The Kier molecular flexibility index (Phi) is 4.62. The molecule has 0 bridgehead atoms. The Morgan fingerprint density at radius 1 is 1.14 bits per heavy atom. The van der Waals surface area contributed by atoms with Crippen molar-refractivity contribution in [1.29, 1.82) is 0 Å². The Morgan fingerprint density at radius 3 is 2.86 bits per heavy atom. The summed E-state index contributed by atoms with van der Waals surface area (Å²) in [6, 6.07) is 14.3. The number of fused-ring (bicyclic) bond motifs is 2. The molecule has 0 spiro atoms. The molecule has 5 rings (SSSR count). The molecule has 0 aliphatic carbocycles. The van der Waals surface area contributed by atoms with E-state index in [-0.39, 0.29) is 11.9 Å². The summed E-state index contributed by atoms with van der Waals surface area (Å²) >= 11 is 1.57. The number of carbonyl (C=O) groups is 1. The number of β-amino-alcohol motifs (C(OH)–C–C–N with tert-alkyl or cyclic N) is 1. The summed E-state index contributed by atoms with van der Waals surface area (Å²) < 4.78 is 1.08. The predicted molar refractivity (Wildman–Crippen MR) is 110 cm³/mol. The standard InChI is InChI=1S/C22H23N3O2S/c26-20-13-25(22(27)16-5-6-21-18(11-16)23-14-28-21)10-8-19(20)24-9-7-15-3-1-2-4-17(15)12-24/h1-6,11,14,19-20,26H,7-10,12-13H2/t19-,20-/m0/s1. The van der Waals surface area contributed by atoms with Crippen molar-refractivity contribution >= 4 is 27.5 Å². The maximum atomic E-state index is 12.9. The van der Waals surface area contributed by atoms with Crippen LogP contribution in [0.15, 0.2) is 48.0 Å². The molecule has 0 radical (unpaired) electrons. The number of aromatic nitrogens is 1. The molecule has 0 unspecified atom stereocenters. The van der Waals surface area contributed by atoms with Crippen molar-refractivity contribution in [3.63, 3.8) is 0 Å². The van der Waals surface area contributed by atoms with E-state index in [9.17, 15) is 9.90 Å². The number of thiazole rings is 1. The molecule has 28 heavy (non-hydrogen) atoms. The van der Waals surface area contributed by atoms with Gasteiger partial charge in [0.1, 0.15) is 0 Å². The van der Waals surface area contributed by atoms with E-state index in [1.165, 1.54) is 11.1 Å². The number of hydrogen-bond acceptors (Lipinski definition) is 5. The molecule has 3 aromatic rings. The number of rotatable bonds is 2. The Morgan fingerprint density at radius 2 is 2.00 bits per heavy atom. The van der Waals surface area contributed by atoms with Crippen molar-refractivity contribution in [2.45, 2.75) is 31.5 Å². The Bertz CT molecular complexity index is 1020. The monoisotopic (exact) mass is 393 g/mol. The Labute approximate surface area is 168 Å². The lowest BCUT2D eigenvalue weighted by Gasteiger charge is -2.43. The molecule has 1 amide bonds. The van der Waals surface area contributed by atoms with Gasteiger partial charge >= 0.3 is 0 Å². The van der Waals surface area contributed by atoms with Gasteiger partial charge in [0, 0.05) is 37.8 Å². The van der Waals surface area contributed by atoms with Gasteiger partial charge in [0.15, 0.2) is 0 Å². The van der Waals surface area contributed by atoms with Crippen molar-refractivity contribution in [2.24, 2.45) is 0 Å². The lowest BCUT2D eigenvalue weighted by atomic mass is 9.94. The summed E-state index contributed by atoms with van der Waals surface area (Å²) in [6.07, 6.45) is 1.30. The topological polar surface area (TPSA) is 56.7 Å². The molecule has 1 aromatic heterocycles. The zero-order valence-electron chi connectivity index (χ0n) is 15.6. The minimum atomic E-state index is -0.522. The molecular weight excluding hydrogens is 370 g/mol. The summed E-state index contributed by atoms with van der Waals surface area (Å²) in [6.45, 7) is 2.91. The molecule has 2 atom stereocenters. The molecule has 1 N–H and O–H groups in total. The van der Waals surface area contributed by atoms with Gasteiger partial charge in [-0.3, -0.25) is 9.69 Å². The quantitative estimate of drug-likeness (QED) is 0.727. The molecule has 6 heteroatoms. The minimum Gasteiger partial charge on any atom is -0.390 e. The van der Waals surface area contributed by atoms with Gasteiger partial charge in [-0.2, -0.15) is 0 Å². The first-order valence-corrected chi connectivity index (χ1v) is 10.7. The van der Waals surface area contributed by atoms with Gasteiger partial charge in [-0.05, 0) is 42.2 Å². The number of aliphatic hydroxyl groups is 1. The molecule has 2 aromatic carbocycles. The van der Waals surface area contributed by atoms with E-state index in [1.807, 2.05) is 18.2 Å². The maximum Gasteiger partial charge on any atom is 0.254 e. The van der Waals surface area contributed by atoms with Gasteiger partial charge in [-0.15, -0.1) is 11.3 Å². The fourth-order valence-electron chi connectivity index (χ4n) is 4.50. The van der Waals surface area contributed by atoms with Crippen LogP contribution in [0.1, 0.15) is 27.9 Å². The van der Waals surface area contributed by atoms with E-state index < -0.39 is 6.10 Å². The first-order valence-electron chi connectivity index (χ1n) is 9.80. The molecule has 1 saturated heterocycles. The highest BCUT2D eigenvalue weighted by Crippen LogP contribution is 2.26. The Hall–Kier alpha value is -2.28. The van der Waals surface area contributed by atoms with Crippen LogP contribution >= 0.6 is 11.3 Å². The lowest BCUT2D eigenvalue weighted by molar-refractivity contribution is -0.0137. The van der Waals surface area contributed by atoms with Crippen LogP contribution < -0.4 is 0 Å². The van der Waals surface area contributed by atoms with Gasteiger partial charge < -0.3 is 10.0 Å². The predicted octanol–water partition coefficient (Wildman–Crippen LogP) is 2.93. The summed E-state index contributed by atoms with van der Waals surface area (Å²) in [5.74, 6) is -0.0172. The largest absolute Gasteiger partial charge is 0.390 e. The van der Waals surface area contributed by atoms with Gasteiger partial charge in [0.2, 0.25) is 0 Å². The van der Waals surface area contributed by atoms with E-state index in [0.717, 1.165) is 36.1 Å². The van der Waals surface area contributed by atoms with Crippen molar-refractivity contribution in [1.82, 2.24) is 14.8 Å². The number of carbonyl (C=O) groups excluding carboxylic acids is 1. The number of aliphatic hydroxyl groups excluding tert-OH is 1. The zero-order valence-corrected chi connectivity index (χ0v) is 16.4. The van der Waals surface area contributed by atoms with Gasteiger partial charge in [-0.25, -0.2) is 4.98 Å². The molecule has 5 nitrogen and oxygen atoms in total. The number of nitrogens with zero attached hydrogens (tertiary/aromatic N) is 3. The van der Waals surface area contributed by atoms with Crippen molar-refractivity contribution in [3.8, 4) is 0 Å². The Balaban J connectivity index is 1.27. The second kappa shape index (κ2) is 7.28.